The number of hydrogen-bond acceptors (Lipinski definition) is 11. The van der Waals surface area contributed by atoms with E-state index in [9.17, 15) is 36.4 Å². The summed E-state index contributed by atoms with van der Waals surface area (Å²) in [6, 6.07) is 0. The van der Waals surface area contributed by atoms with Gasteiger partial charge in [0.2, 0.25) is 0 Å². The zero-order valence-electron chi connectivity index (χ0n) is 23.8. The predicted molar refractivity (Wildman–Crippen MR) is 137 cm³/mol. The zero-order valence-corrected chi connectivity index (χ0v) is 24.6. The smallest absolute Gasteiger partial charge is 0.405 e. The van der Waals surface area contributed by atoms with Crippen molar-refractivity contribution in [3.8, 4) is 0 Å². The maximum atomic E-state index is 13.6. The quantitative estimate of drug-likeness (QED) is 0.116. The minimum Gasteiger partial charge on any atom is -0.458 e. The van der Waals surface area contributed by atoms with E-state index in [-0.39, 0.29) is 18.4 Å². The van der Waals surface area contributed by atoms with E-state index in [0.717, 1.165) is 37.5 Å². The summed E-state index contributed by atoms with van der Waals surface area (Å²) in [5, 5.41) is -4.74. The van der Waals surface area contributed by atoms with Crippen LogP contribution >= 0.6 is 0 Å². The fraction of sp³-hybridized carbons (Fsp3) is 0.857. The minimum absolute atomic E-state index is 0.0125. The van der Waals surface area contributed by atoms with E-state index in [4.69, 9.17) is 23.5 Å². The van der Waals surface area contributed by atoms with Crippen LogP contribution in [0.15, 0.2) is 0 Å². The molecule has 0 aromatic carbocycles. The molecule has 0 amide bonds. The molecule has 0 aromatic heterocycles. The maximum absolute atomic E-state index is 13.6. The molecule has 8 fully saturated rings. The summed E-state index contributed by atoms with van der Waals surface area (Å²) in [7, 11) is -5.83. The molecule has 0 radical (unpaired) electrons. The molecule has 6 aliphatic carbocycles. The lowest BCUT2D eigenvalue weighted by molar-refractivity contribution is -0.241. The van der Waals surface area contributed by atoms with Gasteiger partial charge in [0.15, 0.2) is 17.8 Å². The van der Waals surface area contributed by atoms with Gasteiger partial charge in [-0.2, -0.15) is 17.2 Å². The van der Waals surface area contributed by atoms with Crippen molar-refractivity contribution in [1.29, 1.82) is 0 Å². The van der Waals surface area contributed by atoms with Crippen LogP contribution in [0.25, 0.3) is 0 Å². The Kier molecular flexibility index (Phi) is 7.56. The van der Waals surface area contributed by atoms with Crippen molar-refractivity contribution in [2.24, 2.45) is 40.9 Å². The van der Waals surface area contributed by atoms with Crippen LogP contribution in [0.3, 0.4) is 0 Å². The van der Waals surface area contributed by atoms with Crippen molar-refractivity contribution in [2.45, 2.75) is 108 Å². The number of carbonyl (C=O) groups is 4. The van der Waals surface area contributed by atoms with E-state index in [0.29, 0.717) is 25.2 Å². The van der Waals surface area contributed by atoms with Gasteiger partial charge in [-0.05, 0) is 82.5 Å². The second-order valence-electron chi connectivity index (χ2n) is 13.3. The van der Waals surface area contributed by atoms with Crippen molar-refractivity contribution >= 4 is 34.0 Å². The lowest BCUT2D eigenvalue weighted by Crippen LogP contribution is -2.61. The third-order valence-electron chi connectivity index (χ3n) is 10.6. The molecule has 7 unspecified atom stereocenters. The van der Waals surface area contributed by atoms with Gasteiger partial charge < -0.3 is 23.7 Å². The Morgan fingerprint density at radius 1 is 0.953 bits per heavy atom. The first kappa shape index (κ1) is 30.6. The number of halogens is 2. The number of rotatable bonds is 11. The Morgan fingerprint density at radius 2 is 1.56 bits per heavy atom. The summed E-state index contributed by atoms with van der Waals surface area (Å²) in [6.07, 6.45) is -0.0415. The molecule has 43 heavy (non-hydrogen) atoms. The van der Waals surface area contributed by atoms with E-state index in [2.05, 4.69) is 4.74 Å². The van der Waals surface area contributed by atoms with Crippen molar-refractivity contribution in [3.63, 3.8) is 0 Å². The summed E-state index contributed by atoms with van der Waals surface area (Å²) < 4.78 is 84.9. The topological polar surface area (TPSA) is 169 Å². The Bertz CT molecular complexity index is 1270. The molecule has 8 bridgehead atoms. The fourth-order valence-corrected chi connectivity index (χ4v) is 9.45. The highest BCUT2D eigenvalue weighted by molar-refractivity contribution is 7.86. The molecule has 7 atom stereocenters. The summed E-state index contributed by atoms with van der Waals surface area (Å²) in [5.74, 6) is -2.29. The molecule has 2 saturated heterocycles. The summed E-state index contributed by atoms with van der Waals surface area (Å²) >= 11 is 0. The third-order valence-corrected chi connectivity index (χ3v) is 11.6. The van der Waals surface area contributed by atoms with Crippen LogP contribution in [0.5, 0.6) is 0 Å². The molecule has 2 heterocycles. The van der Waals surface area contributed by atoms with Gasteiger partial charge in [0, 0.05) is 11.8 Å². The van der Waals surface area contributed by atoms with E-state index in [1.54, 1.807) is 6.92 Å². The van der Waals surface area contributed by atoms with Crippen LogP contribution in [0.4, 0.5) is 8.78 Å². The van der Waals surface area contributed by atoms with Crippen molar-refractivity contribution in [2.75, 3.05) is 0 Å². The average molecular weight is 635 g/mol. The molecule has 240 valence electrons. The Labute approximate surface area is 247 Å². The van der Waals surface area contributed by atoms with Crippen LogP contribution in [0.2, 0.25) is 0 Å². The first-order chi connectivity index (χ1) is 20.1. The van der Waals surface area contributed by atoms with Crippen molar-refractivity contribution in [1.82, 2.24) is 0 Å². The van der Waals surface area contributed by atoms with Crippen LogP contribution < -0.4 is 0 Å². The normalized spacial score (nSPS) is 40.2. The number of carbonyl (C=O) groups excluding carboxylic acids is 4. The third kappa shape index (κ3) is 5.12. The highest BCUT2D eigenvalue weighted by atomic mass is 32.2. The molecule has 6 saturated carbocycles. The largest absolute Gasteiger partial charge is 0.458 e. The molecule has 2 aliphatic heterocycles. The van der Waals surface area contributed by atoms with Crippen molar-refractivity contribution in [3.05, 3.63) is 0 Å². The van der Waals surface area contributed by atoms with Gasteiger partial charge in [-0.15, -0.1) is 0 Å². The van der Waals surface area contributed by atoms with Gasteiger partial charge >= 0.3 is 39.2 Å². The van der Waals surface area contributed by atoms with Gasteiger partial charge in [-0.1, -0.05) is 0 Å². The lowest BCUT2D eigenvalue weighted by atomic mass is 9.55. The van der Waals surface area contributed by atoms with Gasteiger partial charge in [0.1, 0.15) is 12.2 Å². The molecule has 12 nitrogen and oxygen atoms in total. The number of fused-ring (bicyclic) bond motifs is 1. The van der Waals surface area contributed by atoms with Gasteiger partial charge in [0.25, 0.3) is 0 Å². The van der Waals surface area contributed by atoms with E-state index in [1.807, 2.05) is 0 Å². The molecule has 15 heteroatoms. The first-order valence-corrected chi connectivity index (χ1v) is 16.4. The molecule has 8 aliphatic rings. The maximum Gasteiger partial charge on any atom is 0.405 e. The number of alkyl halides is 2. The Hall–Kier alpha value is -2.39. The SMILES string of the molecule is CC(OC(=O)C12CC3CC1C(OC(=O)CCC(=O)OC(C)C(F)(F)S(=O)(=O)O)C3OC2=O)OC1C2CC3CC(C2)CC1C3. The van der Waals surface area contributed by atoms with Crippen LogP contribution in [0, 0.1) is 40.9 Å². The summed E-state index contributed by atoms with van der Waals surface area (Å²) in [6.45, 7) is 2.23. The minimum atomic E-state index is -5.83. The second kappa shape index (κ2) is 10.6. The van der Waals surface area contributed by atoms with Crippen LogP contribution in [-0.2, 0) is 53.0 Å². The van der Waals surface area contributed by atoms with E-state index < -0.39 is 88.0 Å². The van der Waals surface area contributed by atoms with Gasteiger partial charge in [0.05, 0.1) is 18.9 Å². The summed E-state index contributed by atoms with van der Waals surface area (Å²) in [5.41, 5.74) is -1.65. The predicted octanol–water partition coefficient (Wildman–Crippen LogP) is 2.77. The number of hydrogen-bond donors (Lipinski definition) is 1. The Balaban J connectivity index is 1.03. The molecule has 0 aromatic rings. The number of ether oxygens (including phenoxy) is 5. The Morgan fingerprint density at radius 3 is 2.16 bits per heavy atom. The van der Waals surface area contributed by atoms with Crippen LogP contribution in [0.1, 0.15) is 71.6 Å². The molecular weight excluding hydrogens is 598 g/mol. The number of esters is 4. The second-order valence-corrected chi connectivity index (χ2v) is 14.8. The highest BCUT2D eigenvalue weighted by Crippen LogP contribution is 2.63. The zero-order chi connectivity index (χ0) is 31.1. The van der Waals surface area contributed by atoms with Gasteiger partial charge in [-0.3, -0.25) is 23.7 Å². The van der Waals surface area contributed by atoms with Crippen molar-refractivity contribution < 1.29 is 64.6 Å². The first-order valence-electron chi connectivity index (χ1n) is 14.9. The summed E-state index contributed by atoms with van der Waals surface area (Å²) in [4.78, 5) is 51.1. The van der Waals surface area contributed by atoms with Gasteiger partial charge in [-0.25, -0.2) is 0 Å². The fourth-order valence-electron chi connectivity index (χ4n) is 8.98. The molecule has 0 spiro atoms. The molecule has 8 rings (SSSR count). The lowest BCUT2D eigenvalue weighted by Gasteiger charge is -2.54. The molecular formula is C28H36F2O12S. The van der Waals surface area contributed by atoms with E-state index >= 15 is 0 Å². The standard InChI is InChI=1S/C28H36F2O12S/c1-12(28(29,30)43(35,36)37)38-20(31)3-4-21(32)41-24-19-10-18-11-27(19,26(34)42-23(18)24)25(33)40-13(2)39-22-16-6-14-5-15(8-16)9-17(22)7-14/h12-19,22-24H,3-11H2,1-2H3,(H,35,36,37). The van der Waals surface area contributed by atoms with E-state index in [1.165, 1.54) is 6.42 Å². The monoisotopic (exact) mass is 634 g/mol. The molecule has 1 N–H and O–H groups in total. The average Bonchev–Trinajstić information content (AvgIpc) is 3.42. The van der Waals surface area contributed by atoms with Crippen LogP contribution in [-0.4, -0.2) is 72.8 Å². The highest BCUT2D eigenvalue weighted by Gasteiger charge is 2.75.